The molecule has 0 aromatic rings. The highest BCUT2D eigenvalue weighted by molar-refractivity contribution is 7.90. The Balaban J connectivity index is 4.99. The van der Waals surface area contributed by atoms with Crippen molar-refractivity contribution in [3.63, 3.8) is 0 Å². The fourth-order valence-electron chi connectivity index (χ4n) is 0.874. The smallest absolute Gasteiger partial charge is 0.326 e. The SMILES string of the molecule is COC(=O)C(C)(C)NS(=O)(=O)C(C)C(=O)O. The lowest BCUT2D eigenvalue weighted by atomic mass is 10.1. The Kier molecular flexibility index (Phi) is 4.45. The highest BCUT2D eigenvalue weighted by atomic mass is 32.2. The number of ether oxygens (including phenoxy) is 1. The van der Waals surface area contributed by atoms with Crippen LogP contribution >= 0.6 is 0 Å². The van der Waals surface area contributed by atoms with E-state index in [1.165, 1.54) is 13.8 Å². The number of nitrogens with one attached hydrogen (secondary N) is 1. The Morgan fingerprint density at radius 2 is 1.81 bits per heavy atom. The second-order valence-electron chi connectivity index (χ2n) is 3.74. The zero-order chi connectivity index (χ0) is 13.1. The summed E-state index contributed by atoms with van der Waals surface area (Å²) in [5.74, 6) is -2.29. The number of hydrogen-bond acceptors (Lipinski definition) is 5. The van der Waals surface area contributed by atoms with Crippen molar-refractivity contribution < 1.29 is 27.9 Å². The summed E-state index contributed by atoms with van der Waals surface area (Å²) in [5, 5.41) is 6.93. The largest absolute Gasteiger partial charge is 0.480 e. The van der Waals surface area contributed by atoms with Gasteiger partial charge >= 0.3 is 11.9 Å². The lowest BCUT2D eigenvalue weighted by Gasteiger charge is -2.23. The van der Waals surface area contributed by atoms with Crippen molar-refractivity contribution in [3.05, 3.63) is 0 Å². The van der Waals surface area contributed by atoms with Gasteiger partial charge in [-0.3, -0.25) is 9.59 Å². The summed E-state index contributed by atoms with van der Waals surface area (Å²) in [5.41, 5.74) is -1.50. The molecular weight excluding hydrogens is 238 g/mol. The van der Waals surface area contributed by atoms with Crippen LogP contribution in [0, 0.1) is 0 Å². The molecule has 0 saturated heterocycles. The number of methoxy groups -OCH3 is 1. The summed E-state index contributed by atoms with van der Waals surface area (Å²) in [7, 11) is -3.01. The Bertz CT molecular complexity index is 385. The van der Waals surface area contributed by atoms with E-state index in [1.807, 2.05) is 4.72 Å². The summed E-state index contributed by atoms with van der Waals surface area (Å²) in [4.78, 5) is 21.7. The highest BCUT2D eigenvalue weighted by Crippen LogP contribution is 2.10. The monoisotopic (exact) mass is 253 g/mol. The first-order valence-electron chi connectivity index (χ1n) is 4.38. The minimum Gasteiger partial charge on any atom is -0.480 e. The predicted octanol–water partition coefficient (Wildman–Crippen LogP) is -0.669. The summed E-state index contributed by atoms with van der Waals surface area (Å²) < 4.78 is 29.4. The van der Waals surface area contributed by atoms with E-state index in [0.717, 1.165) is 14.0 Å². The molecule has 0 aromatic carbocycles. The van der Waals surface area contributed by atoms with Crippen LogP contribution in [-0.4, -0.2) is 43.4 Å². The van der Waals surface area contributed by atoms with Crippen molar-refractivity contribution in [2.75, 3.05) is 7.11 Å². The van der Waals surface area contributed by atoms with Gasteiger partial charge in [-0.25, -0.2) is 8.42 Å². The standard InChI is InChI=1S/C8H15NO6S/c1-5(6(10)11)16(13,14)9-8(2,3)7(12)15-4/h5,9H,1-4H3,(H,10,11). The van der Waals surface area contributed by atoms with Gasteiger partial charge in [0.2, 0.25) is 10.0 Å². The van der Waals surface area contributed by atoms with Crippen LogP contribution in [0.2, 0.25) is 0 Å². The fourth-order valence-corrected chi connectivity index (χ4v) is 2.11. The number of aliphatic carboxylic acids is 1. The van der Waals surface area contributed by atoms with Crippen molar-refractivity contribution in [2.45, 2.75) is 31.6 Å². The van der Waals surface area contributed by atoms with Gasteiger partial charge in [-0.2, -0.15) is 4.72 Å². The maximum absolute atomic E-state index is 11.5. The molecule has 0 rings (SSSR count). The van der Waals surface area contributed by atoms with Crippen molar-refractivity contribution in [1.82, 2.24) is 4.72 Å². The van der Waals surface area contributed by atoms with Crippen LogP contribution in [0.4, 0.5) is 0 Å². The first-order valence-corrected chi connectivity index (χ1v) is 5.93. The summed E-state index contributed by atoms with van der Waals surface area (Å²) in [6.07, 6.45) is 0. The van der Waals surface area contributed by atoms with Crippen molar-refractivity contribution in [2.24, 2.45) is 0 Å². The summed E-state index contributed by atoms with van der Waals surface area (Å²) in [6, 6.07) is 0. The predicted molar refractivity (Wildman–Crippen MR) is 55.2 cm³/mol. The van der Waals surface area contributed by atoms with Gasteiger partial charge < -0.3 is 9.84 Å². The molecule has 0 aliphatic rings. The zero-order valence-electron chi connectivity index (χ0n) is 9.47. The number of carbonyl (C=O) groups is 2. The van der Waals surface area contributed by atoms with E-state index in [4.69, 9.17) is 5.11 Å². The second kappa shape index (κ2) is 4.79. The third kappa shape index (κ3) is 3.46. The van der Waals surface area contributed by atoms with E-state index < -0.39 is 32.8 Å². The number of carboxylic acids is 1. The molecule has 0 spiro atoms. The minimum atomic E-state index is -4.12. The summed E-state index contributed by atoms with van der Waals surface area (Å²) in [6.45, 7) is 3.58. The van der Waals surface area contributed by atoms with Gasteiger partial charge in [-0.05, 0) is 20.8 Å². The quantitative estimate of drug-likeness (QED) is 0.629. The molecular formula is C8H15NO6S. The molecule has 94 valence electrons. The molecule has 0 heterocycles. The van der Waals surface area contributed by atoms with Gasteiger partial charge in [0.05, 0.1) is 7.11 Å². The average Bonchev–Trinajstić information content (AvgIpc) is 2.13. The molecule has 0 aliphatic carbocycles. The first-order chi connectivity index (χ1) is 7.04. The maximum Gasteiger partial charge on any atom is 0.326 e. The summed E-state index contributed by atoms with van der Waals surface area (Å²) >= 11 is 0. The molecule has 0 amide bonds. The number of carbonyl (C=O) groups excluding carboxylic acids is 1. The average molecular weight is 253 g/mol. The van der Waals surface area contributed by atoms with Crippen LogP contribution in [0.25, 0.3) is 0 Å². The van der Waals surface area contributed by atoms with Crippen LogP contribution in [-0.2, 0) is 24.3 Å². The zero-order valence-corrected chi connectivity index (χ0v) is 10.3. The highest BCUT2D eigenvalue weighted by Gasteiger charge is 2.38. The maximum atomic E-state index is 11.5. The number of esters is 1. The van der Waals surface area contributed by atoms with Gasteiger partial charge in [0.1, 0.15) is 5.54 Å². The first kappa shape index (κ1) is 14.8. The molecule has 0 bridgehead atoms. The molecule has 2 N–H and O–H groups in total. The molecule has 16 heavy (non-hydrogen) atoms. The van der Waals surface area contributed by atoms with Crippen LogP contribution < -0.4 is 4.72 Å². The second-order valence-corrected chi connectivity index (χ2v) is 5.75. The Morgan fingerprint density at radius 1 is 1.38 bits per heavy atom. The molecule has 0 aromatic heterocycles. The lowest BCUT2D eigenvalue weighted by Crippen LogP contribution is -2.53. The molecule has 8 heteroatoms. The topological polar surface area (TPSA) is 110 Å². The Hall–Kier alpha value is -1.15. The molecule has 0 saturated carbocycles. The van der Waals surface area contributed by atoms with E-state index in [2.05, 4.69) is 4.74 Å². The number of sulfonamides is 1. The van der Waals surface area contributed by atoms with E-state index in [0.29, 0.717) is 0 Å². The number of carboxylic acid groups (broad SMARTS) is 1. The molecule has 1 unspecified atom stereocenters. The normalized spacial score (nSPS) is 14.2. The third-order valence-corrected chi connectivity index (χ3v) is 3.83. The molecule has 0 radical (unpaired) electrons. The Labute approximate surface area is 93.8 Å². The molecule has 0 aliphatic heterocycles. The number of hydrogen-bond donors (Lipinski definition) is 2. The van der Waals surface area contributed by atoms with Gasteiger partial charge in [-0.15, -0.1) is 0 Å². The van der Waals surface area contributed by atoms with E-state index in [9.17, 15) is 18.0 Å². The van der Waals surface area contributed by atoms with Gasteiger partial charge in [0.15, 0.2) is 5.25 Å². The van der Waals surface area contributed by atoms with Crippen molar-refractivity contribution >= 4 is 22.0 Å². The molecule has 1 atom stereocenters. The molecule has 7 nitrogen and oxygen atoms in total. The van der Waals surface area contributed by atoms with Gasteiger partial charge in [-0.1, -0.05) is 0 Å². The minimum absolute atomic E-state index is 0.798. The van der Waals surface area contributed by atoms with Gasteiger partial charge in [0.25, 0.3) is 0 Å². The van der Waals surface area contributed by atoms with Crippen LogP contribution in [0.15, 0.2) is 0 Å². The Morgan fingerprint density at radius 3 is 2.12 bits per heavy atom. The van der Waals surface area contributed by atoms with Crippen LogP contribution in [0.3, 0.4) is 0 Å². The van der Waals surface area contributed by atoms with E-state index in [1.54, 1.807) is 0 Å². The number of rotatable bonds is 5. The third-order valence-electron chi connectivity index (χ3n) is 1.91. The van der Waals surface area contributed by atoms with E-state index >= 15 is 0 Å². The van der Waals surface area contributed by atoms with Gasteiger partial charge in [0, 0.05) is 0 Å². The van der Waals surface area contributed by atoms with Crippen molar-refractivity contribution in [1.29, 1.82) is 0 Å². The fraction of sp³-hybridized carbons (Fsp3) is 0.750. The van der Waals surface area contributed by atoms with E-state index in [-0.39, 0.29) is 0 Å². The lowest BCUT2D eigenvalue weighted by molar-refractivity contribution is -0.146. The van der Waals surface area contributed by atoms with Crippen LogP contribution in [0.1, 0.15) is 20.8 Å². The van der Waals surface area contributed by atoms with Crippen molar-refractivity contribution in [3.8, 4) is 0 Å². The van der Waals surface area contributed by atoms with Crippen LogP contribution in [0.5, 0.6) is 0 Å². The molecule has 0 fully saturated rings.